The van der Waals surface area contributed by atoms with Crippen molar-refractivity contribution in [2.75, 3.05) is 0 Å². The van der Waals surface area contributed by atoms with Gasteiger partial charge in [0.05, 0.1) is 29.5 Å². The van der Waals surface area contributed by atoms with Crippen LogP contribution in [0, 0.1) is 24.2 Å². The minimum absolute atomic E-state index is 0.0562. The number of rotatable bonds is 6. The molecule has 4 atom stereocenters. The number of benzene rings is 2. The molecule has 2 aliphatic rings. The van der Waals surface area contributed by atoms with E-state index in [9.17, 15) is 10.1 Å². The first-order valence-electron chi connectivity index (χ1n) is 12.0. The van der Waals surface area contributed by atoms with Crippen molar-refractivity contribution < 1.29 is 4.79 Å². The minimum atomic E-state index is -0.562. The van der Waals surface area contributed by atoms with Crippen molar-refractivity contribution in [1.82, 2.24) is 35.8 Å². The summed E-state index contributed by atoms with van der Waals surface area (Å²) >= 11 is 0. The van der Waals surface area contributed by atoms with Crippen LogP contribution in [0.5, 0.6) is 0 Å². The maximum Gasteiger partial charge on any atom is 0.238 e. The number of aromatic amines is 1. The van der Waals surface area contributed by atoms with Gasteiger partial charge in [0.25, 0.3) is 0 Å². The fraction of sp³-hybridized carbons (Fsp3) is 0.346. The molecule has 1 saturated heterocycles. The highest BCUT2D eigenvalue weighted by atomic mass is 16.2. The smallest absolute Gasteiger partial charge is 0.238 e. The summed E-state index contributed by atoms with van der Waals surface area (Å²) in [6.45, 7) is 2.00. The highest BCUT2D eigenvalue weighted by Crippen LogP contribution is 2.35. The van der Waals surface area contributed by atoms with Crippen LogP contribution in [0.3, 0.4) is 0 Å². The summed E-state index contributed by atoms with van der Waals surface area (Å²) in [5, 5.41) is 32.9. The number of fused-ring (bicyclic) bond motifs is 3. The Bertz CT molecular complexity index is 1430. The average Bonchev–Trinajstić information content (AvgIpc) is 3.69. The Morgan fingerprint density at radius 2 is 2.11 bits per heavy atom. The number of carbonyl (C=O) groups excluding carboxylic acids is 1. The highest BCUT2D eigenvalue weighted by molar-refractivity contribution is 5.85. The standard InChI is InChI=1S/C26H26N8O/c1-15-22-12-17(5-9-23(22)31-30-15)24-14-34(33-32-24)21-7-2-16(3-8-21)10-20(13-27)29-26(35)25-18-4-6-19(11-18)28-25/h2-3,5,7-9,12,14,18-20,25,28H,4,6,10-11H2,1H3,(H,29,35)(H,30,31). The average molecular weight is 467 g/mol. The lowest BCUT2D eigenvalue weighted by atomic mass is 9.98. The van der Waals surface area contributed by atoms with Crippen molar-refractivity contribution in [1.29, 1.82) is 5.26 Å². The number of hydrogen-bond donors (Lipinski definition) is 3. The molecule has 2 fully saturated rings. The Labute approximate surface area is 202 Å². The van der Waals surface area contributed by atoms with E-state index in [0.717, 1.165) is 58.4 Å². The van der Waals surface area contributed by atoms with Gasteiger partial charge in [-0.15, -0.1) is 5.10 Å². The summed E-state index contributed by atoms with van der Waals surface area (Å²) in [7, 11) is 0. The van der Waals surface area contributed by atoms with E-state index in [1.165, 1.54) is 0 Å². The minimum Gasteiger partial charge on any atom is -0.339 e. The first kappa shape index (κ1) is 21.5. The SMILES string of the molecule is Cc1[nH]nc2ccc(-c3cn(-c4ccc(CC(C#N)NC(=O)C5NC6CCC5C6)cc4)nn3)cc12. The zero-order chi connectivity index (χ0) is 23.9. The van der Waals surface area contributed by atoms with Crippen LogP contribution in [0.4, 0.5) is 0 Å². The van der Waals surface area contributed by atoms with Gasteiger partial charge in [0, 0.05) is 29.1 Å². The molecule has 2 aromatic heterocycles. The van der Waals surface area contributed by atoms with Gasteiger partial charge in [-0.3, -0.25) is 9.89 Å². The van der Waals surface area contributed by atoms with Gasteiger partial charge in [-0.05, 0) is 61.9 Å². The topological polar surface area (TPSA) is 124 Å². The second-order valence-corrected chi connectivity index (χ2v) is 9.60. The van der Waals surface area contributed by atoms with Crippen LogP contribution in [0.2, 0.25) is 0 Å². The predicted molar refractivity (Wildman–Crippen MR) is 130 cm³/mol. The number of amides is 1. The first-order valence-corrected chi connectivity index (χ1v) is 12.0. The number of aryl methyl sites for hydroxylation is 1. The molecule has 0 spiro atoms. The Hall–Kier alpha value is -4.03. The van der Waals surface area contributed by atoms with E-state index >= 15 is 0 Å². The molecular formula is C26H26N8O. The second kappa shape index (κ2) is 8.64. The number of carbonyl (C=O) groups is 1. The van der Waals surface area contributed by atoms with Crippen molar-refractivity contribution in [2.45, 2.75) is 50.7 Å². The molecule has 1 amide bonds. The van der Waals surface area contributed by atoms with Gasteiger partial charge in [0.1, 0.15) is 11.7 Å². The van der Waals surface area contributed by atoms with Crippen LogP contribution in [-0.2, 0) is 11.2 Å². The molecule has 0 radical (unpaired) electrons. The molecule has 2 aromatic carbocycles. The number of hydrogen-bond acceptors (Lipinski definition) is 6. The molecule has 1 aliphatic heterocycles. The number of aromatic nitrogens is 5. The van der Waals surface area contributed by atoms with Crippen molar-refractivity contribution >= 4 is 16.8 Å². The van der Waals surface area contributed by atoms with Gasteiger partial charge in [-0.2, -0.15) is 10.4 Å². The zero-order valence-electron chi connectivity index (χ0n) is 19.4. The summed E-state index contributed by atoms with van der Waals surface area (Å²) in [4.78, 5) is 12.7. The Morgan fingerprint density at radius 1 is 1.26 bits per heavy atom. The van der Waals surface area contributed by atoms with Gasteiger partial charge < -0.3 is 10.6 Å². The zero-order valence-corrected chi connectivity index (χ0v) is 19.4. The van der Waals surface area contributed by atoms with E-state index in [4.69, 9.17) is 0 Å². The van der Waals surface area contributed by atoms with E-state index in [1.54, 1.807) is 4.68 Å². The molecule has 3 N–H and O–H groups in total. The van der Waals surface area contributed by atoms with Crippen LogP contribution < -0.4 is 10.6 Å². The van der Waals surface area contributed by atoms with E-state index in [1.807, 2.05) is 49.5 Å². The Kier molecular flexibility index (Phi) is 5.30. The molecule has 6 rings (SSSR count). The first-order chi connectivity index (χ1) is 17.1. The van der Waals surface area contributed by atoms with Crippen molar-refractivity contribution in [2.24, 2.45) is 5.92 Å². The number of nitrogens with one attached hydrogen (secondary N) is 3. The molecular weight excluding hydrogens is 440 g/mol. The number of nitriles is 1. The summed E-state index contributed by atoms with van der Waals surface area (Å²) in [6, 6.07) is 15.8. The number of H-pyrrole nitrogens is 1. The molecule has 2 bridgehead atoms. The van der Waals surface area contributed by atoms with E-state index < -0.39 is 6.04 Å². The number of piperidine rings is 1. The third kappa shape index (κ3) is 4.06. The maximum absolute atomic E-state index is 12.7. The predicted octanol–water partition coefficient (Wildman–Crippen LogP) is 2.81. The van der Waals surface area contributed by atoms with Gasteiger partial charge in [0.15, 0.2) is 0 Å². The van der Waals surface area contributed by atoms with Crippen molar-refractivity contribution in [3.63, 3.8) is 0 Å². The van der Waals surface area contributed by atoms with Crippen LogP contribution >= 0.6 is 0 Å². The summed E-state index contributed by atoms with van der Waals surface area (Å²) in [6.07, 6.45) is 5.66. The maximum atomic E-state index is 12.7. The van der Waals surface area contributed by atoms with Crippen LogP contribution in [0.1, 0.15) is 30.5 Å². The normalized spacial score (nSPS) is 21.8. The molecule has 3 heterocycles. The van der Waals surface area contributed by atoms with Crippen LogP contribution in [-0.4, -0.2) is 49.2 Å². The van der Waals surface area contributed by atoms with E-state index in [-0.39, 0.29) is 11.9 Å². The van der Waals surface area contributed by atoms with Crippen molar-refractivity contribution in [3.8, 4) is 23.0 Å². The summed E-state index contributed by atoms with van der Waals surface area (Å²) in [5.41, 5.74) is 5.54. The lowest BCUT2D eigenvalue weighted by Gasteiger charge is -2.23. The fourth-order valence-corrected chi connectivity index (χ4v) is 5.38. The summed E-state index contributed by atoms with van der Waals surface area (Å²) < 4.78 is 1.73. The fourth-order valence-electron chi connectivity index (χ4n) is 5.38. The quantitative estimate of drug-likeness (QED) is 0.401. The lowest BCUT2D eigenvalue weighted by molar-refractivity contribution is -0.124. The largest absolute Gasteiger partial charge is 0.339 e. The van der Waals surface area contributed by atoms with Crippen LogP contribution in [0.15, 0.2) is 48.7 Å². The van der Waals surface area contributed by atoms with Gasteiger partial charge in [-0.1, -0.05) is 23.4 Å². The van der Waals surface area contributed by atoms with E-state index in [0.29, 0.717) is 18.4 Å². The third-order valence-corrected chi connectivity index (χ3v) is 7.29. The number of nitrogens with zero attached hydrogens (tertiary/aromatic N) is 5. The lowest BCUT2D eigenvalue weighted by Crippen LogP contribution is -2.50. The Balaban J connectivity index is 1.12. The monoisotopic (exact) mass is 466 g/mol. The molecule has 9 nitrogen and oxygen atoms in total. The molecule has 1 aliphatic carbocycles. The Morgan fingerprint density at radius 3 is 2.86 bits per heavy atom. The highest BCUT2D eigenvalue weighted by Gasteiger charge is 2.43. The van der Waals surface area contributed by atoms with Crippen LogP contribution in [0.25, 0.3) is 27.8 Å². The third-order valence-electron chi connectivity index (χ3n) is 7.29. The van der Waals surface area contributed by atoms with E-state index in [2.05, 4.69) is 43.3 Å². The molecule has 4 aromatic rings. The summed E-state index contributed by atoms with van der Waals surface area (Å²) in [5.74, 6) is 0.344. The van der Waals surface area contributed by atoms with Gasteiger partial charge in [-0.25, -0.2) is 4.68 Å². The second-order valence-electron chi connectivity index (χ2n) is 9.60. The molecule has 1 saturated carbocycles. The van der Waals surface area contributed by atoms with Gasteiger partial charge >= 0.3 is 0 Å². The molecule has 35 heavy (non-hydrogen) atoms. The molecule has 9 heteroatoms. The molecule has 176 valence electrons. The molecule has 4 unspecified atom stereocenters. The van der Waals surface area contributed by atoms with Crippen molar-refractivity contribution in [3.05, 3.63) is 59.9 Å². The van der Waals surface area contributed by atoms with Gasteiger partial charge in [0.2, 0.25) is 5.91 Å².